The van der Waals surface area contributed by atoms with Crippen LogP contribution in [0.4, 0.5) is 26.3 Å². The Morgan fingerprint density at radius 2 is 0.962 bits per heavy atom. The van der Waals surface area contributed by atoms with Crippen molar-refractivity contribution in [3.8, 4) is 0 Å². The molecule has 26 heavy (non-hydrogen) atoms. The number of rotatable bonds is 1. The molecular weight excluding hydrogens is 354 g/mol. The van der Waals surface area contributed by atoms with Crippen LogP contribution in [0, 0.1) is 17.3 Å². The second-order valence-electron chi connectivity index (χ2n) is 8.33. The van der Waals surface area contributed by atoms with Gasteiger partial charge in [-0.25, -0.2) is 0 Å². The first-order valence-corrected chi connectivity index (χ1v) is 10.3. The Bertz CT molecular complexity index is 404. The smallest absolute Gasteiger partial charge is 0.171 e. The maximum absolute atomic E-state index is 14.4. The predicted molar refractivity (Wildman–Crippen MR) is 90.8 cm³/mol. The fourth-order valence-corrected chi connectivity index (χ4v) is 5.39. The Kier molecular flexibility index (Phi) is 7.73. The van der Waals surface area contributed by atoms with Crippen LogP contribution in [0.1, 0.15) is 96.3 Å². The topological polar surface area (TPSA) is 0 Å². The van der Waals surface area contributed by atoms with Crippen LogP contribution >= 0.6 is 0 Å². The average molecular weight is 386 g/mol. The minimum Gasteiger partial charge on any atom is -0.171 e. The molecule has 0 heterocycles. The summed E-state index contributed by atoms with van der Waals surface area (Å²) in [7, 11) is 0. The zero-order valence-electron chi connectivity index (χ0n) is 15.5. The summed E-state index contributed by atoms with van der Waals surface area (Å²) in [5, 5.41) is 0. The van der Waals surface area contributed by atoms with Crippen molar-refractivity contribution in [3.63, 3.8) is 0 Å². The van der Waals surface area contributed by atoms with E-state index in [1.165, 1.54) is 0 Å². The van der Waals surface area contributed by atoms with E-state index in [1.807, 2.05) is 0 Å². The summed E-state index contributed by atoms with van der Waals surface area (Å²) < 4.78 is 85.1. The monoisotopic (exact) mass is 386 g/mol. The Morgan fingerprint density at radius 3 is 1.42 bits per heavy atom. The SMILES string of the molecule is FC(F)(F)C1CCCCCCCC1(C1CCCCCCCC1)C(F)(F)F. The van der Waals surface area contributed by atoms with Crippen molar-refractivity contribution in [2.75, 3.05) is 0 Å². The molecule has 2 saturated carbocycles. The van der Waals surface area contributed by atoms with Crippen molar-refractivity contribution in [1.82, 2.24) is 0 Å². The van der Waals surface area contributed by atoms with E-state index >= 15 is 0 Å². The summed E-state index contributed by atoms with van der Waals surface area (Å²) >= 11 is 0. The highest BCUT2D eigenvalue weighted by Crippen LogP contribution is 2.61. The molecule has 0 spiro atoms. The molecule has 0 amide bonds. The third kappa shape index (κ3) is 5.09. The molecule has 2 aliphatic rings. The third-order valence-electron chi connectivity index (χ3n) is 6.71. The fourth-order valence-electron chi connectivity index (χ4n) is 5.39. The summed E-state index contributed by atoms with van der Waals surface area (Å²) in [6, 6.07) is 0. The molecule has 0 nitrogen and oxygen atoms in total. The summed E-state index contributed by atoms with van der Waals surface area (Å²) in [5.74, 6) is -3.15. The van der Waals surface area contributed by atoms with Crippen molar-refractivity contribution in [2.45, 2.75) is 109 Å². The molecule has 2 unspecified atom stereocenters. The fraction of sp³-hybridized carbons (Fsp3) is 1.00. The lowest BCUT2D eigenvalue weighted by Crippen LogP contribution is -2.54. The lowest BCUT2D eigenvalue weighted by Gasteiger charge is -2.48. The molecule has 0 N–H and O–H groups in total. The van der Waals surface area contributed by atoms with E-state index in [4.69, 9.17) is 0 Å². The van der Waals surface area contributed by atoms with Gasteiger partial charge in [-0.05, 0) is 31.6 Å². The van der Waals surface area contributed by atoms with Crippen molar-refractivity contribution in [2.24, 2.45) is 17.3 Å². The van der Waals surface area contributed by atoms with Crippen LogP contribution in [0.15, 0.2) is 0 Å². The average Bonchev–Trinajstić information content (AvgIpc) is 2.73. The van der Waals surface area contributed by atoms with Gasteiger partial charge in [0.25, 0.3) is 0 Å². The van der Waals surface area contributed by atoms with Crippen molar-refractivity contribution in [1.29, 1.82) is 0 Å². The zero-order valence-corrected chi connectivity index (χ0v) is 15.5. The second kappa shape index (κ2) is 9.18. The third-order valence-corrected chi connectivity index (χ3v) is 6.71. The van der Waals surface area contributed by atoms with Gasteiger partial charge in [-0.1, -0.05) is 70.6 Å². The quantitative estimate of drug-likeness (QED) is 0.398. The van der Waals surface area contributed by atoms with Crippen LogP contribution in [-0.2, 0) is 0 Å². The normalized spacial score (nSPS) is 31.8. The van der Waals surface area contributed by atoms with Crippen LogP contribution < -0.4 is 0 Å². The Labute approximate surface area is 153 Å². The molecule has 0 saturated heterocycles. The van der Waals surface area contributed by atoms with E-state index in [0.29, 0.717) is 25.7 Å². The highest BCUT2D eigenvalue weighted by Gasteiger charge is 2.67. The van der Waals surface area contributed by atoms with Crippen molar-refractivity contribution < 1.29 is 26.3 Å². The zero-order chi connectivity index (χ0) is 19.3. The van der Waals surface area contributed by atoms with Gasteiger partial charge in [-0.3, -0.25) is 0 Å². The van der Waals surface area contributed by atoms with Crippen molar-refractivity contribution >= 4 is 0 Å². The van der Waals surface area contributed by atoms with E-state index in [-0.39, 0.29) is 38.5 Å². The van der Waals surface area contributed by atoms with Gasteiger partial charge in [-0.2, -0.15) is 26.3 Å². The molecule has 0 aromatic heterocycles. The Morgan fingerprint density at radius 1 is 0.538 bits per heavy atom. The lowest BCUT2D eigenvalue weighted by atomic mass is 9.59. The minimum absolute atomic E-state index is 0.245. The van der Waals surface area contributed by atoms with Gasteiger partial charge >= 0.3 is 12.4 Å². The van der Waals surface area contributed by atoms with Gasteiger partial charge in [0.15, 0.2) is 0 Å². The number of halogens is 6. The molecule has 2 rings (SSSR count). The van der Waals surface area contributed by atoms with Gasteiger partial charge < -0.3 is 0 Å². The first-order valence-electron chi connectivity index (χ1n) is 10.3. The van der Waals surface area contributed by atoms with E-state index in [0.717, 1.165) is 32.1 Å². The van der Waals surface area contributed by atoms with E-state index in [9.17, 15) is 26.3 Å². The second-order valence-corrected chi connectivity index (χ2v) is 8.33. The molecule has 0 bridgehead atoms. The molecule has 0 aliphatic heterocycles. The van der Waals surface area contributed by atoms with Gasteiger partial charge in [0.1, 0.15) is 0 Å². The molecule has 2 fully saturated rings. The van der Waals surface area contributed by atoms with Gasteiger partial charge in [0, 0.05) is 0 Å². The van der Waals surface area contributed by atoms with Crippen LogP contribution in [0.5, 0.6) is 0 Å². The molecule has 2 aliphatic carbocycles. The van der Waals surface area contributed by atoms with E-state index in [1.54, 1.807) is 0 Å². The molecule has 0 aromatic carbocycles. The summed E-state index contributed by atoms with van der Waals surface area (Å²) in [4.78, 5) is 0. The standard InChI is InChI=1S/C20H32F6/c21-19(22,23)17-14-10-6-3-7-11-15-18(17,20(24,25)26)16-12-8-4-1-2-5-9-13-16/h16-17H,1-15H2. The maximum atomic E-state index is 14.4. The summed E-state index contributed by atoms with van der Waals surface area (Å²) in [5.41, 5.74) is -2.60. The van der Waals surface area contributed by atoms with Gasteiger partial charge in [0.2, 0.25) is 0 Å². The molecule has 154 valence electrons. The predicted octanol–water partition coefficient (Wildman–Crippen LogP) is 8.21. The highest BCUT2D eigenvalue weighted by atomic mass is 19.4. The molecule has 2 atom stereocenters. The molecule has 0 aromatic rings. The number of hydrogen-bond acceptors (Lipinski definition) is 0. The molecule has 0 radical (unpaired) electrons. The number of alkyl halides is 6. The maximum Gasteiger partial charge on any atom is 0.395 e. The molecule has 6 heteroatoms. The minimum atomic E-state index is -4.81. The molecular formula is C20H32F6. The Balaban J connectivity index is 2.48. The first kappa shape index (κ1) is 21.9. The van der Waals surface area contributed by atoms with E-state index < -0.39 is 29.6 Å². The largest absolute Gasteiger partial charge is 0.395 e. The van der Waals surface area contributed by atoms with E-state index in [2.05, 4.69) is 0 Å². The van der Waals surface area contributed by atoms with Crippen LogP contribution in [0.2, 0.25) is 0 Å². The first-order chi connectivity index (χ1) is 12.2. The lowest BCUT2D eigenvalue weighted by molar-refractivity contribution is -0.320. The summed E-state index contributed by atoms with van der Waals surface area (Å²) in [6.45, 7) is 0. The van der Waals surface area contributed by atoms with Gasteiger partial charge in [0.05, 0.1) is 11.3 Å². The Hall–Kier alpha value is -0.420. The van der Waals surface area contributed by atoms with Crippen LogP contribution in [0.25, 0.3) is 0 Å². The highest BCUT2D eigenvalue weighted by molar-refractivity contribution is 5.00. The van der Waals surface area contributed by atoms with Gasteiger partial charge in [-0.15, -0.1) is 0 Å². The number of hydrogen-bond donors (Lipinski definition) is 0. The summed E-state index contributed by atoms with van der Waals surface area (Å²) in [6.07, 6.45) is -2.45. The van der Waals surface area contributed by atoms with Crippen molar-refractivity contribution in [3.05, 3.63) is 0 Å². The van der Waals surface area contributed by atoms with Crippen LogP contribution in [-0.4, -0.2) is 12.4 Å². The van der Waals surface area contributed by atoms with Crippen LogP contribution in [0.3, 0.4) is 0 Å².